The molecule has 0 heterocycles. The van der Waals surface area contributed by atoms with Gasteiger partial charge in [0, 0.05) is 50.1 Å². The number of hydrogen-bond donors (Lipinski definition) is 3. The maximum atomic E-state index is 13.4. The van der Waals surface area contributed by atoms with Gasteiger partial charge >= 0.3 is 0 Å². The summed E-state index contributed by atoms with van der Waals surface area (Å²) in [6.07, 6.45) is 0. The first kappa shape index (κ1) is 34.6. The maximum Gasteiger partial charge on any atom is 0.179 e. The summed E-state index contributed by atoms with van der Waals surface area (Å²) in [7, 11) is 0. The zero-order valence-corrected chi connectivity index (χ0v) is 31.7. The zero-order chi connectivity index (χ0) is 39.1. The lowest BCUT2D eigenvalue weighted by Gasteiger charge is -2.29. The number of hydrogen-bond acceptors (Lipinski definition) is 3. The van der Waals surface area contributed by atoms with Crippen LogP contribution in [0.4, 0.5) is 0 Å². The molecular weight excluding hydrogens is 697 g/mol. The van der Waals surface area contributed by atoms with E-state index in [0.29, 0.717) is 50.1 Å². The van der Waals surface area contributed by atoms with Crippen molar-refractivity contribution in [2.45, 2.75) is 37.6 Å². The summed E-state index contributed by atoms with van der Waals surface area (Å²) < 4.78 is 0. The Hall–Kier alpha value is -6.90. The van der Waals surface area contributed by atoms with Crippen LogP contribution in [0, 0.1) is 56.3 Å². The van der Waals surface area contributed by atoms with Gasteiger partial charge in [0.25, 0.3) is 0 Å². The minimum absolute atomic E-state index is 0.501. The molecule has 3 N–H and O–H groups in total. The smallest absolute Gasteiger partial charge is 0.179 e. The fraction of sp³-hybridized carbons (Fsp3) is 0.111. The van der Waals surface area contributed by atoms with Crippen molar-refractivity contribution in [3.05, 3.63) is 212 Å². The van der Waals surface area contributed by atoms with Crippen LogP contribution in [-0.4, -0.2) is 15.3 Å². The Labute approximate surface area is 333 Å². The Balaban J connectivity index is 1.37. The Morgan fingerprint density at radius 3 is 0.842 bits per heavy atom. The highest BCUT2D eigenvalue weighted by atomic mass is 16.3. The second-order valence-corrected chi connectivity index (χ2v) is 15.4. The fourth-order valence-corrected chi connectivity index (χ4v) is 8.89. The van der Waals surface area contributed by atoms with Crippen molar-refractivity contribution < 1.29 is 15.3 Å². The minimum Gasteiger partial charge on any atom is -0.369 e. The van der Waals surface area contributed by atoms with Crippen molar-refractivity contribution >= 4 is 0 Å². The van der Waals surface area contributed by atoms with Crippen molar-refractivity contribution in [1.82, 2.24) is 0 Å². The Kier molecular flexibility index (Phi) is 7.62. The van der Waals surface area contributed by atoms with Gasteiger partial charge in [-0.05, 0) is 90.6 Å². The molecule has 10 rings (SSSR count). The second-order valence-electron chi connectivity index (χ2n) is 15.4. The standard InChI is InChI=1S/C54H36O3/c1-34-16-22-37(23-17-34)28-31-52(55)43-13-7-4-10-40(43)46-49(52)47-41-11-5-8-14-44(41)53(56,32-29-38-24-18-35(2)19-25-38)51(47)48-42-12-6-9-15-45(42)54(57,50(46)48)33-30-39-26-20-36(3)21-27-39/h4-27,55-57H,1-3H3/t52-,53-,54+/m0/s1. The zero-order valence-electron chi connectivity index (χ0n) is 31.7. The molecule has 3 heteroatoms. The summed E-state index contributed by atoms with van der Waals surface area (Å²) in [6.45, 7) is 6.08. The summed E-state index contributed by atoms with van der Waals surface area (Å²) >= 11 is 0. The number of aryl methyl sites for hydroxylation is 3. The normalized spacial score (nSPS) is 19.9. The van der Waals surface area contributed by atoms with E-state index in [1.165, 1.54) is 0 Å². The molecule has 0 saturated carbocycles. The first-order valence-corrected chi connectivity index (χ1v) is 19.1. The molecule has 3 aliphatic rings. The molecule has 0 radical (unpaired) electrons. The fourth-order valence-electron chi connectivity index (χ4n) is 8.89. The molecule has 0 aromatic heterocycles. The van der Waals surface area contributed by atoms with Crippen molar-refractivity contribution in [2.24, 2.45) is 0 Å². The van der Waals surface area contributed by atoms with Gasteiger partial charge in [0.15, 0.2) is 16.8 Å². The van der Waals surface area contributed by atoms with Crippen molar-refractivity contribution in [1.29, 1.82) is 0 Å². The highest BCUT2D eigenvalue weighted by Gasteiger charge is 2.57. The molecule has 57 heavy (non-hydrogen) atoms. The highest BCUT2D eigenvalue weighted by molar-refractivity contribution is 6.05. The largest absolute Gasteiger partial charge is 0.369 e. The van der Waals surface area contributed by atoms with Gasteiger partial charge in [0.2, 0.25) is 0 Å². The lowest BCUT2D eigenvalue weighted by atomic mass is 9.77. The Morgan fingerprint density at radius 1 is 0.333 bits per heavy atom. The molecule has 0 bridgehead atoms. The van der Waals surface area contributed by atoms with E-state index in [0.717, 1.165) is 50.1 Å². The third-order valence-corrected chi connectivity index (χ3v) is 11.7. The van der Waals surface area contributed by atoms with E-state index < -0.39 is 16.8 Å². The number of benzene rings is 7. The van der Waals surface area contributed by atoms with Gasteiger partial charge in [0.1, 0.15) is 0 Å². The van der Waals surface area contributed by atoms with Crippen LogP contribution in [0.1, 0.15) is 66.8 Å². The summed E-state index contributed by atoms with van der Waals surface area (Å²) in [4.78, 5) is 0. The monoisotopic (exact) mass is 732 g/mol. The summed E-state index contributed by atoms with van der Waals surface area (Å²) in [5.41, 5.74) is 7.54. The quantitative estimate of drug-likeness (QED) is 0.136. The number of aliphatic hydroxyl groups is 3. The molecule has 270 valence electrons. The van der Waals surface area contributed by atoms with Gasteiger partial charge in [-0.25, -0.2) is 0 Å². The lowest BCUT2D eigenvalue weighted by molar-refractivity contribution is 0.142. The van der Waals surface area contributed by atoms with Crippen LogP contribution >= 0.6 is 0 Å². The maximum absolute atomic E-state index is 13.4. The van der Waals surface area contributed by atoms with Gasteiger partial charge in [-0.15, -0.1) is 0 Å². The van der Waals surface area contributed by atoms with Gasteiger partial charge in [-0.3, -0.25) is 0 Å². The molecule has 0 fully saturated rings. The first-order valence-electron chi connectivity index (χ1n) is 19.1. The molecule has 3 nitrogen and oxygen atoms in total. The van der Waals surface area contributed by atoms with Crippen LogP contribution in [0.15, 0.2) is 146 Å². The van der Waals surface area contributed by atoms with E-state index in [2.05, 4.69) is 35.5 Å². The average Bonchev–Trinajstić information content (AvgIpc) is 3.76. The predicted octanol–water partition coefficient (Wildman–Crippen LogP) is 9.42. The molecule has 3 atom stereocenters. The van der Waals surface area contributed by atoms with E-state index in [-0.39, 0.29) is 0 Å². The van der Waals surface area contributed by atoms with Gasteiger partial charge in [0.05, 0.1) is 0 Å². The topological polar surface area (TPSA) is 60.7 Å². The van der Waals surface area contributed by atoms with Crippen molar-refractivity contribution in [3.63, 3.8) is 0 Å². The van der Waals surface area contributed by atoms with E-state index in [1.807, 2.05) is 166 Å². The first-order chi connectivity index (χ1) is 27.6. The third-order valence-electron chi connectivity index (χ3n) is 11.7. The average molecular weight is 733 g/mol. The van der Waals surface area contributed by atoms with E-state index >= 15 is 0 Å². The molecule has 0 aliphatic heterocycles. The van der Waals surface area contributed by atoms with Crippen molar-refractivity contribution in [2.75, 3.05) is 0 Å². The van der Waals surface area contributed by atoms with Crippen molar-refractivity contribution in [3.8, 4) is 68.9 Å². The molecular formula is C54H36O3. The second kappa shape index (κ2) is 12.6. The minimum atomic E-state index is -1.85. The van der Waals surface area contributed by atoms with Gasteiger partial charge in [-0.2, -0.15) is 0 Å². The van der Waals surface area contributed by atoms with Crippen LogP contribution in [0.2, 0.25) is 0 Å². The molecule has 0 spiro atoms. The molecule has 7 aromatic carbocycles. The van der Waals surface area contributed by atoms with E-state index in [9.17, 15) is 15.3 Å². The molecule has 3 aliphatic carbocycles. The lowest BCUT2D eigenvalue weighted by Crippen LogP contribution is -2.28. The van der Waals surface area contributed by atoms with Crippen LogP contribution in [0.3, 0.4) is 0 Å². The predicted molar refractivity (Wildman–Crippen MR) is 226 cm³/mol. The van der Waals surface area contributed by atoms with Crippen LogP contribution in [0.25, 0.3) is 33.4 Å². The van der Waals surface area contributed by atoms with Crippen LogP contribution in [0.5, 0.6) is 0 Å². The summed E-state index contributed by atoms with van der Waals surface area (Å²) in [5, 5.41) is 40.3. The Bertz CT molecular complexity index is 2680. The SMILES string of the molecule is Cc1ccc(C#C[C@@]2(O)c3ccccc3-c3c2c2c(c4c3[C@](O)(C#Cc3ccc(C)cc3)c3ccccc3-4)[C@](O)(C#Cc3ccc(C)cc3)c3ccccc3-2)cc1. The van der Waals surface area contributed by atoms with Crippen LogP contribution in [-0.2, 0) is 16.8 Å². The highest BCUT2D eigenvalue weighted by Crippen LogP contribution is 2.66. The Morgan fingerprint density at radius 2 is 0.579 bits per heavy atom. The van der Waals surface area contributed by atoms with Gasteiger partial charge in [-0.1, -0.05) is 161 Å². The van der Waals surface area contributed by atoms with E-state index in [1.54, 1.807) is 0 Å². The molecule has 0 saturated heterocycles. The van der Waals surface area contributed by atoms with E-state index in [4.69, 9.17) is 0 Å². The molecule has 0 amide bonds. The number of fused-ring (bicyclic) bond motifs is 12. The summed E-state index contributed by atoms with van der Waals surface area (Å²) in [5.74, 6) is 19.9. The van der Waals surface area contributed by atoms with Gasteiger partial charge < -0.3 is 15.3 Å². The third kappa shape index (κ3) is 5.10. The van der Waals surface area contributed by atoms with Crippen LogP contribution < -0.4 is 0 Å². The number of rotatable bonds is 0. The summed E-state index contributed by atoms with van der Waals surface area (Å²) in [6, 6.07) is 46.9. The molecule has 0 unspecified atom stereocenters. The molecule has 7 aromatic rings.